The van der Waals surface area contributed by atoms with Crippen molar-refractivity contribution in [3.8, 4) is 0 Å². The summed E-state index contributed by atoms with van der Waals surface area (Å²) in [6.45, 7) is 7.90. The number of ether oxygens (including phenoxy) is 1. The Balaban J connectivity index is 0.000000396. The number of hydrogen-bond donors (Lipinski definition) is 3. The Morgan fingerprint density at radius 2 is 1.40 bits per heavy atom. The SMILES string of the molecule is Cc1ccc(CN2CCN3CC(OCc4ccccn4)CC3C2)o1.O=C(O)C(F)(F)F.O=C(O)C(F)(F)F.O=C(O)C(F)(F)F. The Labute approximate surface area is 248 Å². The van der Waals surface area contributed by atoms with E-state index in [1.54, 1.807) is 0 Å². The molecule has 0 aliphatic carbocycles. The number of carboxylic acids is 3. The van der Waals surface area contributed by atoms with E-state index >= 15 is 0 Å². The number of halogens is 9. The molecular formula is C25H28F9N3O8. The van der Waals surface area contributed by atoms with Gasteiger partial charge < -0.3 is 24.5 Å². The molecular weight excluding hydrogens is 641 g/mol. The molecule has 0 amide bonds. The van der Waals surface area contributed by atoms with Crippen LogP contribution in [0.4, 0.5) is 39.5 Å². The highest BCUT2D eigenvalue weighted by atomic mass is 19.4. The van der Waals surface area contributed by atoms with Gasteiger partial charge in [0.15, 0.2) is 0 Å². The van der Waals surface area contributed by atoms with Gasteiger partial charge in [0.1, 0.15) is 11.5 Å². The second-order valence-electron chi connectivity index (χ2n) is 9.29. The largest absolute Gasteiger partial charge is 0.490 e. The number of rotatable bonds is 5. The van der Waals surface area contributed by atoms with Crippen LogP contribution in [0.25, 0.3) is 0 Å². The summed E-state index contributed by atoms with van der Waals surface area (Å²) in [5, 5.41) is 21.4. The number of aryl methyl sites for hydroxylation is 1. The Hall–Kier alpha value is -3.91. The Morgan fingerprint density at radius 1 is 0.867 bits per heavy atom. The van der Waals surface area contributed by atoms with Gasteiger partial charge in [-0.1, -0.05) is 6.07 Å². The van der Waals surface area contributed by atoms with Crippen molar-refractivity contribution in [2.45, 2.75) is 57.2 Å². The van der Waals surface area contributed by atoms with Crippen LogP contribution in [0, 0.1) is 6.92 Å². The topological polar surface area (TPSA) is 154 Å². The molecule has 2 aromatic rings. The minimum absolute atomic E-state index is 0.322. The molecule has 254 valence electrons. The van der Waals surface area contributed by atoms with Crippen LogP contribution < -0.4 is 0 Å². The summed E-state index contributed by atoms with van der Waals surface area (Å²) < 4.78 is 107. The van der Waals surface area contributed by atoms with Crippen LogP contribution >= 0.6 is 0 Å². The first-order chi connectivity index (χ1) is 20.6. The lowest BCUT2D eigenvalue weighted by atomic mass is 10.1. The van der Waals surface area contributed by atoms with E-state index in [1.807, 2.05) is 37.4 Å². The molecule has 2 atom stereocenters. The highest BCUT2D eigenvalue weighted by molar-refractivity contribution is 5.73. The second-order valence-corrected chi connectivity index (χ2v) is 9.29. The number of aliphatic carboxylic acids is 3. The number of fused-ring (bicyclic) bond motifs is 1. The van der Waals surface area contributed by atoms with Crippen molar-refractivity contribution in [2.75, 3.05) is 26.2 Å². The summed E-state index contributed by atoms with van der Waals surface area (Å²) in [6.07, 6.45) is -12.0. The van der Waals surface area contributed by atoms with Gasteiger partial charge in [0.2, 0.25) is 0 Å². The third-order valence-corrected chi connectivity index (χ3v) is 5.76. The molecule has 0 aromatic carbocycles. The van der Waals surface area contributed by atoms with Crippen LogP contribution in [-0.2, 0) is 32.3 Å². The van der Waals surface area contributed by atoms with Gasteiger partial charge in [-0.3, -0.25) is 14.8 Å². The summed E-state index contributed by atoms with van der Waals surface area (Å²) in [4.78, 5) is 36.1. The predicted molar refractivity (Wildman–Crippen MR) is 133 cm³/mol. The number of pyridine rings is 1. The number of alkyl halides is 9. The van der Waals surface area contributed by atoms with Gasteiger partial charge in [-0.05, 0) is 37.6 Å². The summed E-state index contributed by atoms with van der Waals surface area (Å²) in [6, 6.07) is 10.7. The van der Waals surface area contributed by atoms with Gasteiger partial charge in [0.25, 0.3) is 0 Å². The van der Waals surface area contributed by atoms with Crippen molar-refractivity contribution >= 4 is 17.9 Å². The summed E-state index contributed by atoms with van der Waals surface area (Å²) in [7, 11) is 0. The zero-order valence-electron chi connectivity index (χ0n) is 23.2. The third kappa shape index (κ3) is 15.6. The molecule has 2 aromatic heterocycles. The van der Waals surface area contributed by atoms with Gasteiger partial charge in [-0.25, -0.2) is 14.4 Å². The van der Waals surface area contributed by atoms with E-state index in [1.165, 1.54) is 0 Å². The number of carbonyl (C=O) groups is 3. The summed E-state index contributed by atoms with van der Waals surface area (Å²) >= 11 is 0. The molecule has 4 rings (SSSR count). The highest BCUT2D eigenvalue weighted by Crippen LogP contribution is 2.26. The number of furan rings is 1. The van der Waals surface area contributed by atoms with Crippen molar-refractivity contribution < 1.29 is 78.4 Å². The van der Waals surface area contributed by atoms with Gasteiger partial charge in [0.05, 0.1) is 24.9 Å². The molecule has 2 fully saturated rings. The van der Waals surface area contributed by atoms with Crippen molar-refractivity contribution in [3.63, 3.8) is 0 Å². The molecule has 3 N–H and O–H groups in total. The maximum Gasteiger partial charge on any atom is 0.490 e. The van der Waals surface area contributed by atoms with Crippen molar-refractivity contribution in [1.29, 1.82) is 0 Å². The molecule has 2 saturated heterocycles. The quantitative estimate of drug-likeness (QED) is 0.390. The van der Waals surface area contributed by atoms with Crippen molar-refractivity contribution in [3.05, 3.63) is 53.7 Å². The maximum atomic E-state index is 10.6. The van der Waals surface area contributed by atoms with E-state index in [2.05, 4.69) is 20.9 Å². The molecule has 45 heavy (non-hydrogen) atoms. The lowest BCUT2D eigenvalue weighted by Gasteiger charge is -2.36. The summed E-state index contributed by atoms with van der Waals surface area (Å²) in [5.74, 6) is -6.21. The van der Waals surface area contributed by atoms with E-state index in [0.717, 1.165) is 56.4 Å². The van der Waals surface area contributed by atoms with Crippen LogP contribution in [0.1, 0.15) is 23.6 Å². The number of hydrogen-bond acceptors (Lipinski definition) is 8. The minimum Gasteiger partial charge on any atom is -0.475 e. The van der Waals surface area contributed by atoms with Crippen LogP contribution in [0.15, 0.2) is 40.9 Å². The van der Waals surface area contributed by atoms with Gasteiger partial charge in [-0.15, -0.1) is 0 Å². The molecule has 4 heterocycles. The molecule has 2 aliphatic heterocycles. The molecule has 2 unspecified atom stereocenters. The lowest BCUT2D eigenvalue weighted by molar-refractivity contribution is -0.193. The van der Waals surface area contributed by atoms with Gasteiger partial charge in [0, 0.05) is 38.4 Å². The predicted octanol–water partition coefficient (Wildman–Crippen LogP) is 4.36. The summed E-state index contributed by atoms with van der Waals surface area (Å²) in [5.41, 5.74) is 1.01. The fraction of sp³-hybridized carbons (Fsp3) is 0.520. The molecule has 20 heteroatoms. The van der Waals surface area contributed by atoms with Crippen LogP contribution in [0.5, 0.6) is 0 Å². The van der Waals surface area contributed by atoms with Gasteiger partial charge >= 0.3 is 36.4 Å². The first-order valence-corrected chi connectivity index (χ1v) is 12.5. The second kappa shape index (κ2) is 17.0. The fourth-order valence-electron chi connectivity index (χ4n) is 3.80. The third-order valence-electron chi connectivity index (χ3n) is 5.76. The average molecular weight is 669 g/mol. The molecule has 0 spiro atoms. The molecule has 0 bridgehead atoms. The first kappa shape index (κ1) is 39.1. The molecule has 2 aliphatic rings. The molecule has 11 nitrogen and oxygen atoms in total. The number of aromatic nitrogens is 1. The highest BCUT2D eigenvalue weighted by Gasteiger charge is 2.40. The van der Waals surface area contributed by atoms with Crippen LogP contribution in [-0.4, -0.2) is 105 Å². The number of carboxylic acid groups (broad SMARTS) is 3. The standard InChI is InChI=1S/C19H25N3O2.3C2HF3O2/c1-15-5-6-18(24-15)12-21-8-9-22-13-19(10-17(22)11-21)23-14-16-4-2-3-7-20-16;3*3-2(4,5)1(6)7/h2-7,17,19H,8-14H2,1H3;3*(H,6,7). The van der Waals surface area contributed by atoms with Crippen molar-refractivity contribution in [2.24, 2.45) is 0 Å². The number of nitrogens with zero attached hydrogens (tertiary/aromatic N) is 3. The lowest BCUT2D eigenvalue weighted by Crippen LogP contribution is -2.49. The Morgan fingerprint density at radius 3 is 1.82 bits per heavy atom. The van der Waals surface area contributed by atoms with E-state index in [4.69, 9.17) is 38.9 Å². The average Bonchev–Trinajstić information content (AvgIpc) is 3.52. The fourth-order valence-corrected chi connectivity index (χ4v) is 3.80. The van der Waals surface area contributed by atoms with E-state index in [-0.39, 0.29) is 0 Å². The van der Waals surface area contributed by atoms with E-state index in [9.17, 15) is 39.5 Å². The van der Waals surface area contributed by atoms with Crippen LogP contribution in [0.2, 0.25) is 0 Å². The van der Waals surface area contributed by atoms with Gasteiger partial charge in [-0.2, -0.15) is 39.5 Å². The van der Waals surface area contributed by atoms with Crippen molar-refractivity contribution in [1.82, 2.24) is 14.8 Å². The monoisotopic (exact) mass is 669 g/mol. The minimum atomic E-state index is -5.08. The molecule has 0 radical (unpaired) electrons. The number of piperazine rings is 1. The zero-order valence-corrected chi connectivity index (χ0v) is 23.2. The van der Waals surface area contributed by atoms with E-state index in [0.29, 0.717) is 18.8 Å². The smallest absolute Gasteiger partial charge is 0.475 e. The molecule has 0 saturated carbocycles. The zero-order chi connectivity index (χ0) is 34.6. The normalized spacial score (nSPS) is 18.6. The Bertz CT molecular complexity index is 1160. The van der Waals surface area contributed by atoms with E-state index < -0.39 is 36.4 Å². The van der Waals surface area contributed by atoms with Crippen LogP contribution in [0.3, 0.4) is 0 Å². The first-order valence-electron chi connectivity index (χ1n) is 12.5. The maximum absolute atomic E-state index is 10.6. The Kier molecular flexibility index (Phi) is 14.7.